The first kappa shape index (κ1) is 77.7. The summed E-state index contributed by atoms with van der Waals surface area (Å²) < 4.78 is 0. The van der Waals surface area contributed by atoms with Gasteiger partial charge in [0.05, 0.1) is 30.5 Å². The van der Waals surface area contributed by atoms with Gasteiger partial charge in [-0.2, -0.15) is 0 Å². The maximum absolute atomic E-state index is 11.6. The average Bonchev–Trinajstić information content (AvgIpc) is 3.44. The van der Waals surface area contributed by atoms with E-state index in [0.717, 1.165) is 136 Å². The number of hydrogen-bond acceptors (Lipinski definition) is 9. The van der Waals surface area contributed by atoms with Crippen molar-refractivity contribution in [1.29, 1.82) is 0 Å². The van der Waals surface area contributed by atoms with Gasteiger partial charge in [-0.05, 0) is 70.4 Å². The van der Waals surface area contributed by atoms with Crippen LogP contribution >= 0.6 is 0 Å². The lowest BCUT2D eigenvalue weighted by Crippen LogP contribution is -2.50. The van der Waals surface area contributed by atoms with E-state index in [1.54, 1.807) is 0 Å². The van der Waals surface area contributed by atoms with Crippen LogP contribution in [0.4, 0.5) is 0 Å². The molecule has 9 nitrogen and oxygen atoms in total. The Labute approximate surface area is 500 Å². The summed E-state index contributed by atoms with van der Waals surface area (Å²) in [6.45, 7) is 22.0. The van der Waals surface area contributed by atoms with E-state index in [-0.39, 0.29) is 30.5 Å². The summed E-state index contributed by atoms with van der Waals surface area (Å²) in [7, 11) is 0. The van der Waals surface area contributed by atoms with Gasteiger partial charge in [-0.15, -0.1) is 0 Å². The Morgan fingerprint density at radius 1 is 0.263 bits per heavy atom. The van der Waals surface area contributed by atoms with Crippen LogP contribution in [0.2, 0.25) is 0 Å². The molecule has 0 aliphatic carbocycles. The molecule has 5 N–H and O–H groups in total. The summed E-state index contributed by atoms with van der Waals surface area (Å²) in [6, 6.07) is 0. The zero-order valence-electron chi connectivity index (χ0n) is 54.9. The third-order valence-corrected chi connectivity index (χ3v) is 18.3. The molecule has 9 heteroatoms. The lowest BCUT2D eigenvalue weighted by Gasteiger charge is -2.37. The minimum Gasteiger partial charge on any atom is -0.393 e. The lowest BCUT2D eigenvalue weighted by molar-refractivity contribution is 0.0476. The fourth-order valence-electron chi connectivity index (χ4n) is 12.8. The van der Waals surface area contributed by atoms with Crippen LogP contribution in [-0.4, -0.2) is 154 Å². The number of aliphatic hydroxyl groups excluding tert-OH is 5. The number of unbranched alkanes of at least 4 members (excludes halogenated alkanes) is 35. The SMILES string of the molecule is CCCCCCCCCCC(O)CC(CCN1CCN(CCN(CC(O)CCCCCCCCCC)CC(O)CCCCCCCCCC)CC1)CCN(CC(O)CCCCCCCCCC)CC(O)CCCCCCCCCC. The van der Waals surface area contributed by atoms with Gasteiger partial charge < -0.3 is 30.4 Å². The van der Waals surface area contributed by atoms with E-state index >= 15 is 0 Å². The Morgan fingerprint density at radius 3 is 0.787 bits per heavy atom. The molecule has 1 heterocycles. The number of nitrogens with zero attached hydrogens (tertiary/aromatic N) is 4. The van der Waals surface area contributed by atoms with Gasteiger partial charge in [-0.1, -0.05) is 291 Å². The van der Waals surface area contributed by atoms with Crippen molar-refractivity contribution in [2.24, 2.45) is 5.92 Å². The molecule has 0 aromatic carbocycles. The van der Waals surface area contributed by atoms with Crippen LogP contribution in [0.15, 0.2) is 0 Å². The molecule has 0 bridgehead atoms. The van der Waals surface area contributed by atoms with Crippen LogP contribution in [0.5, 0.6) is 0 Å². The van der Waals surface area contributed by atoms with Gasteiger partial charge in [-0.25, -0.2) is 0 Å². The van der Waals surface area contributed by atoms with E-state index in [0.29, 0.717) is 32.1 Å². The Bertz CT molecular complexity index is 1150. The fourth-order valence-corrected chi connectivity index (χ4v) is 12.8. The summed E-state index contributed by atoms with van der Waals surface area (Å²) in [5.41, 5.74) is 0. The third kappa shape index (κ3) is 50.9. The maximum Gasteiger partial charge on any atom is 0.0667 e. The van der Waals surface area contributed by atoms with Crippen LogP contribution in [0.3, 0.4) is 0 Å². The minimum absolute atomic E-state index is 0.272. The second-order valence-electron chi connectivity index (χ2n) is 26.5. The van der Waals surface area contributed by atoms with Crippen LogP contribution in [0.25, 0.3) is 0 Å². The smallest absolute Gasteiger partial charge is 0.0667 e. The van der Waals surface area contributed by atoms with Gasteiger partial charge in [0.25, 0.3) is 0 Å². The van der Waals surface area contributed by atoms with Gasteiger partial charge in [0, 0.05) is 65.4 Å². The molecule has 0 aromatic heterocycles. The van der Waals surface area contributed by atoms with Crippen LogP contribution in [0, 0.1) is 5.92 Å². The molecule has 1 fully saturated rings. The highest BCUT2D eigenvalue weighted by atomic mass is 16.3. The Kier molecular flexibility index (Phi) is 57.3. The second-order valence-corrected chi connectivity index (χ2v) is 26.5. The van der Waals surface area contributed by atoms with E-state index in [9.17, 15) is 25.5 Å². The first-order valence-corrected chi connectivity index (χ1v) is 36.4. The molecule has 1 aliphatic heterocycles. The summed E-state index contributed by atoms with van der Waals surface area (Å²) in [5, 5.41) is 57.0. The zero-order valence-corrected chi connectivity index (χ0v) is 54.9. The molecule has 1 rings (SSSR count). The molecule has 0 aromatic rings. The largest absolute Gasteiger partial charge is 0.393 e. The first-order chi connectivity index (χ1) is 39.1. The summed E-state index contributed by atoms with van der Waals surface area (Å²) in [4.78, 5) is 10.1. The maximum atomic E-state index is 11.6. The quantitative estimate of drug-likeness (QED) is 0.0380. The van der Waals surface area contributed by atoms with Crippen molar-refractivity contribution in [2.45, 2.75) is 373 Å². The third-order valence-electron chi connectivity index (χ3n) is 18.3. The van der Waals surface area contributed by atoms with Crippen molar-refractivity contribution >= 4 is 0 Å². The molecular weight excluding hydrogens is 989 g/mol. The van der Waals surface area contributed by atoms with Crippen molar-refractivity contribution in [2.75, 3.05) is 78.5 Å². The van der Waals surface area contributed by atoms with E-state index in [4.69, 9.17) is 0 Å². The van der Waals surface area contributed by atoms with Crippen molar-refractivity contribution < 1.29 is 25.5 Å². The topological polar surface area (TPSA) is 114 Å². The summed E-state index contributed by atoms with van der Waals surface area (Å²) in [5.74, 6) is 0.400. The molecular formula is C71H146N4O5. The van der Waals surface area contributed by atoms with E-state index < -0.39 is 0 Å². The first-order valence-electron chi connectivity index (χ1n) is 36.4. The standard InChI is InChI=1S/C71H146N4O5/c1-6-11-16-21-26-31-36-41-46-67(76)61-66(52-54-74(62-68(77)47-42-37-32-27-22-17-12-7-2)63-69(78)48-43-38-33-28-23-18-13-8-3)51-53-72-55-57-73(58-56-72)59-60-75(64-70(79)49-44-39-34-29-24-19-14-9-4)65-71(80)50-45-40-35-30-25-20-15-10-5/h66-71,76-80H,6-65H2,1-5H3. The van der Waals surface area contributed by atoms with Crippen LogP contribution in [-0.2, 0) is 0 Å². The van der Waals surface area contributed by atoms with Crippen LogP contribution < -0.4 is 0 Å². The number of aliphatic hydroxyl groups is 5. The molecule has 0 saturated carbocycles. The van der Waals surface area contributed by atoms with Crippen molar-refractivity contribution in [3.63, 3.8) is 0 Å². The lowest BCUT2D eigenvalue weighted by atomic mass is 9.91. The van der Waals surface area contributed by atoms with Gasteiger partial charge in [0.2, 0.25) is 0 Å². The molecule has 480 valence electrons. The number of hydrogen-bond donors (Lipinski definition) is 5. The van der Waals surface area contributed by atoms with Crippen molar-refractivity contribution in [1.82, 2.24) is 19.6 Å². The Balaban J connectivity index is 2.94. The number of piperazine rings is 1. The predicted molar refractivity (Wildman–Crippen MR) is 349 cm³/mol. The van der Waals surface area contributed by atoms with Crippen molar-refractivity contribution in [3.8, 4) is 0 Å². The van der Waals surface area contributed by atoms with Gasteiger partial charge >= 0.3 is 0 Å². The fraction of sp³-hybridized carbons (Fsp3) is 1.00. The molecule has 0 amide bonds. The number of rotatable bonds is 64. The predicted octanol–water partition coefficient (Wildman–Crippen LogP) is 17.5. The average molecular weight is 1140 g/mol. The highest BCUT2D eigenvalue weighted by molar-refractivity contribution is 4.79. The molecule has 6 atom stereocenters. The Morgan fingerprint density at radius 2 is 0.500 bits per heavy atom. The second kappa shape index (κ2) is 59.0. The van der Waals surface area contributed by atoms with E-state index in [1.165, 1.54) is 225 Å². The van der Waals surface area contributed by atoms with E-state index in [1.807, 2.05) is 0 Å². The monoisotopic (exact) mass is 1140 g/mol. The molecule has 6 unspecified atom stereocenters. The zero-order chi connectivity index (χ0) is 58.2. The molecule has 0 spiro atoms. The molecule has 0 radical (unpaired) electrons. The van der Waals surface area contributed by atoms with E-state index in [2.05, 4.69) is 54.2 Å². The summed E-state index contributed by atoms with van der Waals surface area (Å²) >= 11 is 0. The summed E-state index contributed by atoms with van der Waals surface area (Å²) in [6.07, 6.45) is 56.6. The van der Waals surface area contributed by atoms with Crippen LogP contribution in [0.1, 0.15) is 343 Å². The molecule has 80 heavy (non-hydrogen) atoms. The van der Waals surface area contributed by atoms with Gasteiger partial charge in [-0.3, -0.25) is 14.7 Å². The highest BCUT2D eigenvalue weighted by Crippen LogP contribution is 2.23. The molecule has 1 aliphatic rings. The minimum atomic E-state index is -0.366. The normalized spacial score (nSPS) is 16.1. The van der Waals surface area contributed by atoms with Gasteiger partial charge in [0.15, 0.2) is 0 Å². The van der Waals surface area contributed by atoms with Gasteiger partial charge in [0.1, 0.15) is 0 Å². The van der Waals surface area contributed by atoms with Crippen molar-refractivity contribution in [3.05, 3.63) is 0 Å². The molecule has 1 saturated heterocycles. The Hall–Kier alpha value is -0.360. The highest BCUT2D eigenvalue weighted by Gasteiger charge is 2.24.